The maximum absolute atomic E-state index is 11.5. The van der Waals surface area contributed by atoms with Gasteiger partial charge in [0.15, 0.2) is 4.96 Å². The lowest BCUT2D eigenvalue weighted by molar-refractivity contribution is 0.0700. The number of aryl methyl sites for hydroxylation is 2. The molecule has 2 heterocycles. The summed E-state index contributed by atoms with van der Waals surface area (Å²) in [6, 6.07) is 8.24. The fourth-order valence-corrected chi connectivity index (χ4v) is 3.90. The standard InChI is InChI=1S/C17H18N2O2S/c1-9(2)14-15(16(20)21)22-17-18-13(11(4)19(14)17)12-7-5-10(3)6-8-12/h5-9H,1-4H3,(H,20,21). The summed E-state index contributed by atoms with van der Waals surface area (Å²) in [4.78, 5) is 17.3. The smallest absolute Gasteiger partial charge is 0.347 e. The molecule has 0 bridgehead atoms. The number of fused-ring (bicyclic) bond motifs is 1. The zero-order valence-corrected chi connectivity index (χ0v) is 13.9. The SMILES string of the molecule is Cc1ccc(-c2nc3sc(C(=O)O)c(C(C)C)n3c2C)cc1. The summed E-state index contributed by atoms with van der Waals surface area (Å²) in [5.74, 6) is -0.755. The fourth-order valence-electron chi connectivity index (χ4n) is 2.73. The first-order valence-corrected chi connectivity index (χ1v) is 8.04. The Hall–Kier alpha value is -2.14. The second-order valence-electron chi connectivity index (χ2n) is 5.81. The molecule has 0 aliphatic heterocycles. The molecule has 1 aromatic carbocycles. The molecule has 22 heavy (non-hydrogen) atoms. The van der Waals surface area contributed by atoms with Crippen LogP contribution in [0.5, 0.6) is 0 Å². The topological polar surface area (TPSA) is 54.6 Å². The van der Waals surface area contributed by atoms with Crippen LogP contribution in [0.2, 0.25) is 0 Å². The molecule has 0 saturated heterocycles. The summed E-state index contributed by atoms with van der Waals surface area (Å²) in [7, 11) is 0. The van der Waals surface area contributed by atoms with Crippen molar-refractivity contribution >= 4 is 22.3 Å². The molecule has 3 aromatic rings. The Morgan fingerprint density at radius 1 is 1.23 bits per heavy atom. The normalized spacial score (nSPS) is 11.5. The number of benzene rings is 1. The van der Waals surface area contributed by atoms with Gasteiger partial charge < -0.3 is 5.11 Å². The number of hydrogen-bond acceptors (Lipinski definition) is 3. The lowest BCUT2D eigenvalue weighted by atomic mass is 10.1. The molecule has 2 aromatic heterocycles. The van der Waals surface area contributed by atoms with Crippen LogP contribution in [0, 0.1) is 13.8 Å². The predicted molar refractivity (Wildman–Crippen MR) is 89.0 cm³/mol. The first kappa shape index (κ1) is 14.8. The van der Waals surface area contributed by atoms with Crippen LogP contribution in [0.15, 0.2) is 24.3 Å². The van der Waals surface area contributed by atoms with Gasteiger partial charge in [-0.15, -0.1) is 0 Å². The molecule has 0 atom stereocenters. The van der Waals surface area contributed by atoms with Crippen LogP contribution in [0.3, 0.4) is 0 Å². The Kier molecular flexibility index (Phi) is 3.53. The van der Waals surface area contributed by atoms with Gasteiger partial charge in [0.2, 0.25) is 0 Å². The molecular weight excluding hydrogens is 296 g/mol. The molecule has 0 aliphatic rings. The van der Waals surface area contributed by atoms with Crippen molar-refractivity contribution in [1.29, 1.82) is 0 Å². The van der Waals surface area contributed by atoms with E-state index in [0.29, 0.717) is 4.88 Å². The maximum atomic E-state index is 11.5. The number of aromatic nitrogens is 2. The van der Waals surface area contributed by atoms with Crippen molar-refractivity contribution in [3.05, 3.63) is 46.1 Å². The van der Waals surface area contributed by atoms with Crippen LogP contribution >= 0.6 is 11.3 Å². The highest BCUT2D eigenvalue weighted by molar-refractivity contribution is 7.19. The molecule has 0 amide bonds. The second-order valence-corrected chi connectivity index (χ2v) is 6.78. The van der Waals surface area contributed by atoms with E-state index in [0.717, 1.165) is 27.6 Å². The van der Waals surface area contributed by atoms with Gasteiger partial charge in [-0.05, 0) is 19.8 Å². The van der Waals surface area contributed by atoms with E-state index in [1.165, 1.54) is 16.9 Å². The van der Waals surface area contributed by atoms with E-state index in [4.69, 9.17) is 0 Å². The third-order valence-electron chi connectivity index (χ3n) is 3.81. The van der Waals surface area contributed by atoms with Crippen molar-refractivity contribution in [3.8, 4) is 11.3 Å². The largest absolute Gasteiger partial charge is 0.477 e. The minimum Gasteiger partial charge on any atom is -0.477 e. The Bertz CT molecular complexity index is 857. The van der Waals surface area contributed by atoms with Crippen LogP contribution in [0.1, 0.15) is 46.4 Å². The fraction of sp³-hybridized carbons (Fsp3) is 0.294. The van der Waals surface area contributed by atoms with E-state index < -0.39 is 5.97 Å². The molecule has 0 fully saturated rings. The molecule has 0 spiro atoms. The first-order valence-electron chi connectivity index (χ1n) is 7.22. The quantitative estimate of drug-likeness (QED) is 0.774. The van der Waals surface area contributed by atoms with Gasteiger partial charge in [0.1, 0.15) is 4.88 Å². The number of carboxylic acid groups (broad SMARTS) is 1. The van der Waals surface area contributed by atoms with Crippen molar-refractivity contribution < 1.29 is 9.90 Å². The average Bonchev–Trinajstić information content (AvgIpc) is 2.97. The molecule has 0 unspecified atom stereocenters. The molecular formula is C17H18N2O2S. The number of imidazole rings is 1. The summed E-state index contributed by atoms with van der Waals surface area (Å²) in [5, 5.41) is 9.41. The summed E-state index contributed by atoms with van der Waals surface area (Å²) >= 11 is 1.25. The summed E-state index contributed by atoms with van der Waals surface area (Å²) in [6.45, 7) is 8.08. The molecule has 3 rings (SSSR count). The monoisotopic (exact) mass is 314 g/mol. The third kappa shape index (κ3) is 2.22. The highest BCUT2D eigenvalue weighted by Gasteiger charge is 2.24. The molecule has 0 radical (unpaired) electrons. The van der Waals surface area contributed by atoms with Crippen LogP contribution in [0.4, 0.5) is 0 Å². The number of aromatic carboxylic acids is 1. The summed E-state index contributed by atoms with van der Waals surface area (Å²) in [6.07, 6.45) is 0. The van der Waals surface area contributed by atoms with E-state index in [1.54, 1.807) is 0 Å². The van der Waals surface area contributed by atoms with Gasteiger partial charge in [0, 0.05) is 11.3 Å². The Balaban J connectivity index is 2.26. The van der Waals surface area contributed by atoms with E-state index in [9.17, 15) is 9.90 Å². The van der Waals surface area contributed by atoms with Gasteiger partial charge in [0.05, 0.1) is 11.4 Å². The number of nitrogens with zero attached hydrogens (tertiary/aromatic N) is 2. The Morgan fingerprint density at radius 3 is 2.41 bits per heavy atom. The number of carboxylic acids is 1. The lowest BCUT2D eigenvalue weighted by Gasteiger charge is -2.08. The van der Waals surface area contributed by atoms with Gasteiger partial charge in [-0.3, -0.25) is 4.40 Å². The van der Waals surface area contributed by atoms with Crippen molar-refractivity contribution in [3.63, 3.8) is 0 Å². The van der Waals surface area contributed by atoms with Gasteiger partial charge in [-0.1, -0.05) is 55.0 Å². The minimum absolute atomic E-state index is 0.124. The van der Waals surface area contributed by atoms with Gasteiger partial charge in [0.25, 0.3) is 0 Å². The van der Waals surface area contributed by atoms with Crippen LogP contribution in [-0.2, 0) is 0 Å². The van der Waals surface area contributed by atoms with Crippen molar-refractivity contribution in [2.75, 3.05) is 0 Å². The molecule has 0 aliphatic carbocycles. The minimum atomic E-state index is -0.879. The van der Waals surface area contributed by atoms with Crippen molar-refractivity contribution in [2.24, 2.45) is 0 Å². The molecule has 1 N–H and O–H groups in total. The van der Waals surface area contributed by atoms with Crippen LogP contribution in [0.25, 0.3) is 16.2 Å². The number of carbonyl (C=O) groups is 1. The lowest BCUT2D eigenvalue weighted by Crippen LogP contribution is -2.04. The van der Waals surface area contributed by atoms with E-state index >= 15 is 0 Å². The number of thiazole rings is 1. The molecule has 114 valence electrons. The van der Waals surface area contributed by atoms with E-state index in [1.807, 2.05) is 25.2 Å². The molecule has 5 heteroatoms. The van der Waals surface area contributed by atoms with E-state index in [2.05, 4.69) is 36.2 Å². The molecule has 4 nitrogen and oxygen atoms in total. The zero-order chi connectivity index (χ0) is 16.0. The van der Waals surface area contributed by atoms with Crippen molar-refractivity contribution in [2.45, 2.75) is 33.6 Å². The number of hydrogen-bond donors (Lipinski definition) is 1. The summed E-state index contributed by atoms with van der Waals surface area (Å²) < 4.78 is 1.99. The predicted octanol–water partition coefficient (Wildman–Crippen LogP) is 4.50. The van der Waals surface area contributed by atoms with E-state index in [-0.39, 0.29) is 5.92 Å². The third-order valence-corrected chi connectivity index (χ3v) is 4.85. The second kappa shape index (κ2) is 5.25. The highest BCUT2D eigenvalue weighted by Crippen LogP contribution is 2.34. The van der Waals surface area contributed by atoms with Crippen molar-refractivity contribution in [1.82, 2.24) is 9.38 Å². The van der Waals surface area contributed by atoms with Crippen LogP contribution < -0.4 is 0 Å². The average molecular weight is 314 g/mol. The first-order chi connectivity index (χ1) is 10.4. The number of rotatable bonds is 3. The zero-order valence-electron chi connectivity index (χ0n) is 13.0. The maximum Gasteiger partial charge on any atom is 0.347 e. The summed E-state index contributed by atoms with van der Waals surface area (Å²) in [5.41, 5.74) is 5.01. The molecule has 0 saturated carbocycles. The Labute approximate surface area is 133 Å². The van der Waals surface area contributed by atoms with Gasteiger partial charge >= 0.3 is 5.97 Å². The van der Waals surface area contributed by atoms with Gasteiger partial charge in [-0.25, -0.2) is 9.78 Å². The Morgan fingerprint density at radius 2 is 1.86 bits per heavy atom. The van der Waals surface area contributed by atoms with Crippen LogP contribution in [-0.4, -0.2) is 20.5 Å². The van der Waals surface area contributed by atoms with Gasteiger partial charge in [-0.2, -0.15) is 0 Å². The highest BCUT2D eigenvalue weighted by atomic mass is 32.1.